The van der Waals surface area contributed by atoms with Crippen LogP contribution in [0, 0.1) is 0 Å². The third-order valence-corrected chi connectivity index (χ3v) is 3.30. The minimum Gasteiger partial charge on any atom is -0.469 e. The fourth-order valence-electron chi connectivity index (χ4n) is 2.11. The van der Waals surface area contributed by atoms with Crippen LogP contribution in [0.2, 0.25) is 0 Å². The third kappa shape index (κ3) is 5.28. The highest BCUT2D eigenvalue weighted by molar-refractivity contribution is 5.81. The second-order valence-electron chi connectivity index (χ2n) is 4.65. The van der Waals surface area contributed by atoms with Crippen LogP contribution in [0.15, 0.2) is 0 Å². The van der Waals surface area contributed by atoms with Crippen LogP contribution in [0.5, 0.6) is 0 Å². The number of carbonyl (C=O) groups is 3. The van der Waals surface area contributed by atoms with Crippen LogP contribution >= 0.6 is 0 Å². The summed E-state index contributed by atoms with van der Waals surface area (Å²) in [5.74, 6) is -0.348. The van der Waals surface area contributed by atoms with Gasteiger partial charge in [0, 0.05) is 32.0 Å². The lowest BCUT2D eigenvalue weighted by Crippen LogP contribution is -2.46. The molecule has 0 saturated carbocycles. The van der Waals surface area contributed by atoms with Crippen LogP contribution in [-0.2, 0) is 19.1 Å². The molecule has 6 heteroatoms. The fourth-order valence-corrected chi connectivity index (χ4v) is 2.11. The molecule has 1 saturated heterocycles. The molecule has 1 N–H and O–H groups in total. The van der Waals surface area contributed by atoms with Crippen molar-refractivity contribution >= 4 is 17.8 Å². The molecule has 108 valence electrons. The van der Waals surface area contributed by atoms with Crippen molar-refractivity contribution in [1.82, 2.24) is 10.2 Å². The van der Waals surface area contributed by atoms with Gasteiger partial charge in [0.25, 0.3) is 0 Å². The van der Waals surface area contributed by atoms with E-state index in [2.05, 4.69) is 10.1 Å². The molecule has 0 bridgehead atoms. The Hall–Kier alpha value is -1.59. The fraction of sp³-hybridized carbons (Fsp3) is 0.769. The molecule has 6 nitrogen and oxygen atoms in total. The van der Waals surface area contributed by atoms with Gasteiger partial charge in [-0.05, 0) is 12.8 Å². The van der Waals surface area contributed by atoms with Gasteiger partial charge in [0.1, 0.15) is 0 Å². The van der Waals surface area contributed by atoms with E-state index in [1.54, 1.807) is 0 Å². The lowest BCUT2D eigenvalue weighted by molar-refractivity contribution is -0.142. The SMILES string of the molecule is CCC(=O)N1CCC(NC(=O)CCC(=O)OC)CC1. The number of piperidine rings is 1. The molecule has 0 aromatic carbocycles. The molecule has 0 radical (unpaired) electrons. The largest absolute Gasteiger partial charge is 0.469 e. The third-order valence-electron chi connectivity index (χ3n) is 3.30. The number of hydrogen-bond acceptors (Lipinski definition) is 4. The molecule has 1 rings (SSSR count). The van der Waals surface area contributed by atoms with Crippen molar-refractivity contribution < 1.29 is 19.1 Å². The van der Waals surface area contributed by atoms with E-state index >= 15 is 0 Å². The van der Waals surface area contributed by atoms with E-state index in [1.165, 1.54) is 7.11 Å². The van der Waals surface area contributed by atoms with Crippen LogP contribution in [0.3, 0.4) is 0 Å². The van der Waals surface area contributed by atoms with Gasteiger partial charge in [0.05, 0.1) is 13.5 Å². The minimum atomic E-state index is -0.376. The molecular formula is C13H22N2O4. The van der Waals surface area contributed by atoms with Gasteiger partial charge in [0.2, 0.25) is 11.8 Å². The van der Waals surface area contributed by atoms with Crippen molar-refractivity contribution in [3.8, 4) is 0 Å². The number of amides is 2. The van der Waals surface area contributed by atoms with Crippen LogP contribution in [0.1, 0.15) is 39.0 Å². The summed E-state index contributed by atoms with van der Waals surface area (Å²) in [6, 6.07) is 0.103. The molecule has 2 amide bonds. The van der Waals surface area contributed by atoms with E-state index in [0.717, 1.165) is 12.8 Å². The normalized spacial score (nSPS) is 16.0. The average Bonchev–Trinajstić information content (AvgIpc) is 2.44. The maximum atomic E-state index is 11.6. The van der Waals surface area contributed by atoms with Gasteiger partial charge in [0.15, 0.2) is 0 Å². The molecule has 1 heterocycles. The number of hydrogen-bond donors (Lipinski definition) is 1. The first-order valence-electron chi connectivity index (χ1n) is 6.70. The van der Waals surface area contributed by atoms with Gasteiger partial charge in [-0.2, -0.15) is 0 Å². The molecule has 19 heavy (non-hydrogen) atoms. The summed E-state index contributed by atoms with van der Waals surface area (Å²) < 4.78 is 4.48. The smallest absolute Gasteiger partial charge is 0.306 e. The summed E-state index contributed by atoms with van der Waals surface area (Å²) in [5.41, 5.74) is 0. The van der Waals surface area contributed by atoms with Gasteiger partial charge in [-0.3, -0.25) is 14.4 Å². The Balaban J connectivity index is 2.23. The second kappa shape index (κ2) is 7.76. The predicted molar refractivity (Wildman–Crippen MR) is 69.3 cm³/mol. The molecule has 1 aliphatic heterocycles. The van der Waals surface area contributed by atoms with Crippen molar-refractivity contribution in [2.75, 3.05) is 20.2 Å². The maximum Gasteiger partial charge on any atom is 0.306 e. The summed E-state index contributed by atoms with van der Waals surface area (Å²) >= 11 is 0. The minimum absolute atomic E-state index is 0.103. The first-order chi connectivity index (χ1) is 9.06. The Morgan fingerprint density at radius 3 is 2.37 bits per heavy atom. The van der Waals surface area contributed by atoms with E-state index in [1.807, 2.05) is 11.8 Å². The highest BCUT2D eigenvalue weighted by Gasteiger charge is 2.22. The van der Waals surface area contributed by atoms with Gasteiger partial charge in [-0.15, -0.1) is 0 Å². The number of methoxy groups -OCH3 is 1. The van der Waals surface area contributed by atoms with E-state index in [9.17, 15) is 14.4 Å². The van der Waals surface area contributed by atoms with E-state index in [-0.39, 0.29) is 36.7 Å². The Morgan fingerprint density at radius 2 is 1.84 bits per heavy atom. The molecule has 0 aromatic heterocycles. The first kappa shape index (κ1) is 15.5. The molecule has 1 fully saturated rings. The molecule has 0 spiro atoms. The van der Waals surface area contributed by atoms with Crippen molar-refractivity contribution in [3.05, 3.63) is 0 Å². The van der Waals surface area contributed by atoms with E-state index in [4.69, 9.17) is 0 Å². The number of carbonyl (C=O) groups excluding carboxylic acids is 3. The van der Waals surface area contributed by atoms with Gasteiger partial charge in [-0.1, -0.05) is 6.92 Å². The Bertz CT molecular complexity index is 336. The summed E-state index contributed by atoms with van der Waals surface area (Å²) in [7, 11) is 1.31. The molecule has 0 atom stereocenters. The number of ether oxygens (including phenoxy) is 1. The quantitative estimate of drug-likeness (QED) is 0.736. The number of rotatable bonds is 5. The lowest BCUT2D eigenvalue weighted by atomic mass is 10.0. The van der Waals surface area contributed by atoms with Gasteiger partial charge < -0.3 is 15.0 Å². The van der Waals surface area contributed by atoms with Crippen molar-refractivity contribution in [3.63, 3.8) is 0 Å². The highest BCUT2D eigenvalue weighted by Crippen LogP contribution is 2.11. The standard InChI is InChI=1S/C13H22N2O4/c1-3-12(17)15-8-6-10(7-9-15)14-11(16)4-5-13(18)19-2/h10H,3-9H2,1-2H3,(H,14,16). The van der Waals surface area contributed by atoms with Crippen molar-refractivity contribution in [2.24, 2.45) is 0 Å². The maximum absolute atomic E-state index is 11.6. The molecule has 0 aliphatic carbocycles. The zero-order valence-corrected chi connectivity index (χ0v) is 11.6. The Morgan fingerprint density at radius 1 is 1.21 bits per heavy atom. The monoisotopic (exact) mass is 270 g/mol. The lowest BCUT2D eigenvalue weighted by Gasteiger charge is -2.32. The molecule has 0 aromatic rings. The first-order valence-corrected chi connectivity index (χ1v) is 6.70. The molecular weight excluding hydrogens is 248 g/mol. The van der Waals surface area contributed by atoms with E-state index < -0.39 is 0 Å². The van der Waals surface area contributed by atoms with Crippen LogP contribution in [-0.4, -0.2) is 48.9 Å². The Kier molecular flexibility index (Phi) is 6.32. The van der Waals surface area contributed by atoms with Crippen LogP contribution in [0.25, 0.3) is 0 Å². The number of esters is 1. The van der Waals surface area contributed by atoms with Crippen LogP contribution in [0.4, 0.5) is 0 Å². The Labute approximate surface area is 113 Å². The van der Waals surface area contributed by atoms with Gasteiger partial charge in [-0.25, -0.2) is 0 Å². The van der Waals surface area contributed by atoms with Crippen LogP contribution < -0.4 is 5.32 Å². The van der Waals surface area contributed by atoms with Gasteiger partial charge >= 0.3 is 5.97 Å². The predicted octanol–water partition coefficient (Wildman–Crippen LogP) is 0.457. The van der Waals surface area contributed by atoms with Crippen molar-refractivity contribution in [1.29, 1.82) is 0 Å². The molecule has 0 unspecified atom stereocenters. The number of nitrogens with zero attached hydrogens (tertiary/aromatic N) is 1. The number of nitrogens with one attached hydrogen (secondary N) is 1. The summed E-state index contributed by atoms with van der Waals surface area (Å²) in [4.78, 5) is 35.8. The molecule has 1 aliphatic rings. The van der Waals surface area contributed by atoms with Crippen molar-refractivity contribution in [2.45, 2.75) is 45.1 Å². The highest BCUT2D eigenvalue weighted by atomic mass is 16.5. The summed E-state index contributed by atoms with van der Waals surface area (Å²) in [6.07, 6.45) is 2.33. The second-order valence-corrected chi connectivity index (χ2v) is 4.65. The zero-order chi connectivity index (χ0) is 14.3. The zero-order valence-electron chi connectivity index (χ0n) is 11.6. The van der Waals surface area contributed by atoms with E-state index in [0.29, 0.717) is 19.5 Å². The summed E-state index contributed by atoms with van der Waals surface area (Å²) in [6.45, 7) is 3.23. The summed E-state index contributed by atoms with van der Waals surface area (Å²) in [5, 5.41) is 2.89. The average molecular weight is 270 g/mol. The number of likely N-dealkylation sites (tertiary alicyclic amines) is 1. The topological polar surface area (TPSA) is 75.7 Å².